The summed E-state index contributed by atoms with van der Waals surface area (Å²) in [7, 11) is 8.12. The van der Waals surface area contributed by atoms with Gasteiger partial charge in [-0.05, 0) is 19.7 Å². The fraction of sp³-hybridized carbons (Fsp3) is 1.00. The molecule has 0 atom stereocenters. The van der Waals surface area contributed by atoms with E-state index in [1.807, 2.05) is 19.7 Å². The van der Waals surface area contributed by atoms with E-state index in [4.69, 9.17) is 0 Å². The maximum Gasteiger partial charge on any atom is 0.0341 e. The van der Waals surface area contributed by atoms with Gasteiger partial charge in [-0.25, -0.2) is 0 Å². The van der Waals surface area contributed by atoms with Crippen molar-refractivity contribution in [3.05, 3.63) is 0 Å². The van der Waals surface area contributed by atoms with Gasteiger partial charge in [0, 0.05) is 33.5 Å². The van der Waals surface area contributed by atoms with E-state index in [9.17, 15) is 0 Å². The maximum atomic E-state index is 2.07. The summed E-state index contributed by atoms with van der Waals surface area (Å²) >= 11 is 4.14. The molecule has 0 aromatic heterocycles. The van der Waals surface area contributed by atoms with Crippen LogP contribution in [0.15, 0.2) is 0 Å². The largest absolute Gasteiger partial charge is 0.160 e. The number of hydrogen-bond donors (Lipinski definition) is 0. The molecule has 0 aliphatic carbocycles. The average Bonchev–Trinajstić information content (AvgIpc) is 1.88. The third-order valence-electron chi connectivity index (χ3n) is 1.59. The summed E-state index contributed by atoms with van der Waals surface area (Å²) in [5, 5.41) is 1.90. The highest BCUT2D eigenvalue weighted by molar-refractivity contribution is 9.26. The lowest BCUT2D eigenvalue weighted by molar-refractivity contribution is 1.09. The Labute approximate surface area is 97.5 Å². The van der Waals surface area contributed by atoms with Crippen LogP contribution >= 0.6 is 64.8 Å². The van der Waals surface area contributed by atoms with Crippen molar-refractivity contribution >= 4 is 64.8 Å². The molecule has 0 aromatic rings. The third kappa shape index (κ3) is 3.35. The minimum Gasteiger partial charge on any atom is -0.160 e. The van der Waals surface area contributed by atoms with Gasteiger partial charge in [-0.1, -0.05) is 21.6 Å². The monoisotopic (exact) mass is 274 g/mol. The highest BCUT2D eigenvalue weighted by atomic mass is 33.7. The van der Waals surface area contributed by atoms with E-state index < -0.39 is 0 Å². The molecule has 2 aliphatic rings. The normalized spacial score (nSPS) is 25.0. The number of hydrogen-bond acceptors (Lipinski definition) is 6. The zero-order valence-electron chi connectivity index (χ0n) is 6.43. The lowest BCUT2D eigenvalue weighted by atomic mass is 10.5. The predicted octanol–water partition coefficient (Wildman–Crippen LogP) is 3.90. The number of rotatable bonds is 5. The summed E-state index contributed by atoms with van der Waals surface area (Å²) in [5.74, 6) is 5.51. The van der Waals surface area contributed by atoms with Gasteiger partial charge in [-0.15, -0.1) is 0 Å². The molecule has 0 spiro atoms. The van der Waals surface area contributed by atoms with Gasteiger partial charge in [0.2, 0.25) is 0 Å². The zero-order valence-corrected chi connectivity index (χ0v) is 11.3. The molecular formula is C6H10S6. The summed E-state index contributed by atoms with van der Waals surface area (Å²) in [6.07, 6.45) is 0. The van der Waals surface area contributed by atoms with Gasteiger partial charge in [0.1, 0.15) is 0 Å². The van der Waals surface area contributed by atoms with Crippen molar-refractivity contribution in [2.45, 2.75) is 10.5 Å². The molecule has 0 unspecified atom stereocenters. The van der Waals surface area contributed by atoms with Crippen molar-refractivity contribution in [3.63, 3.8) is 0 Å². The molecule has 0 N–H and O–H groups in total. The molecule has 2 fully saturated rings. The second-order valence-corrected chi connectivity index (χ2v) is 11.2. The Morgan fingerprint density at radius 1 is 0.750 bits per heavy atom. The van der Waals surface area contributed by atoms with Gasteiger partial charge in [-0.2, -0.15) is 23.5 Å². The molecule has 0 amide bonds. The van der Waals surface area contributed by atoms with Crippen molar-refractivity contribution in [2.24, 2.45) is 0 Å². The van der Waals surface area contributed by atoms with Crippen LogP contribution in [0.1, 0.15) is 0 Å². The highest BCUT2D eigenvalue weighted by Crippen LogP contribution is 2.51. The Morgan fingerprint density at radius 2 is 1.17 bits per heavy atom. The molecule has 6 heteroatoms. The van der Waals surface area contributed by atoms with Gasteiger partial charge < -0.3 is 0 Å². The van der Waals surface area contributed by atoms with Crippen LogP contribution in [0, 0.1) is 0 Å². The average molecular weight is 275 g/mol. The van der Waals surface area contributed by atoms with E-state index in [2.05, 4.69) is 45.1 Å². The Kier molecular flexibility index (Phi) is 5.18. The topological polar surface area (TPSA) is 0 Å². The zero-order chi connectivity index (χ0) is 8.23. The third-order valence-corrected chi connectivity index (χ3v) is 12.1. The molecule has 0 nitrogen and oxygen atoms in total. The molecule has 0 saturated carbocycles. The lowest BCUT2D eigenvalue weighted by Crippen LogP contribution is -2.19. The van der Waals surface area contributed by atoms with Crippen LogP contribution in [0.4, 0.5) is 0 Å². The standard InChI is InChI=1S/C6H10S6/c1-5(2-7-1)9-11-12-10-6-3-8-4-6/h5-6H,1-4H2. The summed E-state index contributed by atoms with van der Waals surface area (Å²) in [4.78, 5) is 0. The maximum absolute atomic E-state index is 2.07. The smallest absolute Gasteiger partial charge is 0.0341 e. The number of thioether (sulfide) groups is 2. The van der Waals surface area contributed by atoms with Crippen molar-refractivity contribution in [3.8, 4) is 0 Å². The molecule has 12 heavy (non-hydrogen) atoms. The first kappa shape index (κ1) is 10.6. The van der Waals surface area contributed by atoms with Crippen LogP contribution < -0.4 is 0 Å². The second kappa shape index (κ2) is 5.85. The lowest BCUT2D eigenvalue weighted by Gasteiger charge is -2.25. The Hall–Kier alpha value is 2.10. The van der Waals surface area contributed by atoms with Crippen LogP contribution in [0.2, 0.25) is 0 Å². The quantitative estimate of drug-likeness (QED) is 0.547. The van der Waals surface area contributed by atoms with E-state index in [1.54, 1.807) is 0 Å². The molecule has 0 aromatic carbocycles. The first-order valence-corrected chi connectivity index (χ1v) is 11.0. The molecule has 70 valence electrons. The van der Waals surface area contributed by atoms with E-state index in [0.717, 1.165) is 10.5 Å². The fourth-order valence-corrected chi connectivity index (χ4v) is 11.0. The molecule has 2 heterocycles. The van der Waals surface area contributed by atoms with E-state index >= 15 is 0 Å². The van der Waals surface area contributed by atoms with Crippen LogP contribution in [-0.4, -0.2) is 33.5 Å². The van der Waals surface area contributed by atoms with Crippen LogP contribution in [0.3, 0.4) is 0 Å². The fourth-order valence-electron chi connectivity index (χ4n) is 0.682. The summed E-state index contributed by atoms with van der Waals surface area (Å²) in [5.41, 5.74) is 0. The molecule has 0 radical (unpaired) electrons. The molecule has 2 aliphatic heterocycles. The van der Waals surface area contributed by atoms with Crippen LogP contribution in [0.25, 0.3) is 0 Å². The van der Waals surface area contributed by atoms with Gasteiger partial charge in [0.15, 0.2) is 0 Å². The molecule has 2 saturated heterocycles. The minimum atomic E-state index is 0.948. The van der Waals surface area contributed by atoms with Crippen LogP contribution in [0.5, 0.6) is 0 Å². The van der Waals surface area contributed by atoms with Gasteiger partial charge in [-0.3, -0.25) is 0 Å². The van der Waals surface area contributed by atoms with Crippen molar-refractivity contribution < 1.29 is 0 Å². The Balaban J connectivity index is 1.40. The first-order chi connectivity index (χ1) is 5.95. The summed E-state index contributed by atoms with van der Waals surface area (Å²) < 4.78 is 0. The summed E-state index contributed by atoms with van der Waals surface area (Å²) in [6, 6.07) is 0. The SMILES string of the molecule is C1SCC1SSSSC1CSC1. The van der Waals surface area contributed by atoms with Gasteiger partial charge in [0.05, 0.1) is 0 Å². The first-order valence-electron chi connectivity index (χ1n) is 3.76. The molecule has 2 rings (SSSR count). The second-order valence-electron chi connectivity index (χ2n) is 2.65. The van der Waals surface area contributed by atoms with Gasteiger partial charge in [0.25, 0.3) is 0 Å². The van der Waals surface area contributed by atoms with Crippen molar-refractivity contribution in [2.75, 3.05) is 23.0 Å². The molecule has 0 bridgehead atoms. The summed E-state index contributed by atoms with van der Waals surface area (Å²) in [6.45, 7) is 0. The van der Waals surface area contributed by atoms with E-state index in [-0.39, 0.29) is 0 Å². The minimum absolute atomic E-state index is 0.948. The Bertz CT molecular complexity index is 116. The van der Waals surface area contributed by atoms with E-state index in [0.29, 0.717) is 0 Å². The van der Waals surface area contributed by atoms with Crippen molar-refractivity contribution in [1.82, 2.24) is 0 Å². The Morgan fingerprint density at radius 3 is 1.42 bits per heavy atom. The predicted molar refractivity (Wildman–Crippen MR) is 72.6 cm³/mol. The van der Waals surface area contributed by atoms with E-state index in [1.165, 1.54) is 23.0 Å². The highest BCUT2D eigenvalue weighted by Gasteiger charge is 2.21. The molecular weight excluding hydrogens is 264 g/mol. The van der Waals surface area contributed by atoms with Crippen LogP contribution in [-0.2, 0) is 0 Å². The van der Waals surface area contributed by atoms with Gasteiger partial charge >= 0.3 is 0 Å². The van der Waals surface area contributed by atoms with Crippen molar-refractivity contribution in [1.29, 1.82) is 0 Å².